The molecule has 1 unspecified atom stereocenters. The number of aromatic nitrogens is 4. The highest BCUT2D eigenvalue weighted by atomic mass is 32.2. The Morgan fingerprint density at radius 1 is 1.29 bits per heavy atom. The predicted molar refractivity (Wildman–Crippen MR) is 83.7 cm³/mol. The third-order valence-electron chi connectivity index (χ3n) is 3.57. The van der Waals surface area contributed by atoms with E-state index in [0.29, 0.717) is 27.7 Å². The van der Waals surface area contributed by atoms with Crippen LogP contribution in [0.25, 0.3) is 22.6 Å². The second kappa shape index (κ2) is 6.06. The van der Waals surface area contributed by atoms with Gasteiger partial charge in [-0.15, -0.1) is 0 Å². The Balaban J connectivity index is 2.20. The third-order valence-corrected chi connectivity index (χ3v) is 4.91. The zero-order valence-electron chi connectivity index (χ0n) is 12.8. The summed E-state index contributed by atoms with van der Waals surface area (Å²) in [5.41, 5.74) is 0.168. The fraction of sp³-hybridized carbons (Fsp3) is 0.267. The number of halogens is 3. The molecule has 0 saturated carbocycles. The monoisotopic (exact) mass is 354 g/mol. The second-order valence-corrected chi connectivity index (χ2v) is 6.77. The van der Waals surface area contributed by atoms with Crippen LogP contribution in [0.1, 0.15) is 12.5 Å². The van der Waals surface area contributed by atoms with Gasteiger partial charge in [0.1, 0.15) is 17.1 Å². The highest BCUT2D eigenvalue weighted by Gasteiger charge is 2.32. The molecule has 3 aromatic heterocycles. The molecular weight excluding hydrogens is 341 g/mol. The minimum Gasteiger partial charge on any atom is -0.611 e. The molecule has 3 rings (SSSR count). The number of pyridine rings is 2. The molecule has 0 amide bonds. The van der Waals surface area contributed by atoms with Crippen LogP contribution in [-0.2, 0) is 24.4 Å². The third kappa shape index (κ3) is 2.84. The van der Waals surface area contributed by atoms with E-state index in [9.17, 15) is 17.7 Å². The van der Waals surface area contributed by atoms with Gasteiger partial charge in [0, 0.05) is 19.4 Å². The van der Waals surface area contributed by atoms with Crippen molar-refractivity contribution in [3.05, 3.63) is 36.3 Å². The summed E-state index contributed by atoms with van der Waals surface area (Å²) < 4.78 is 52.3. The summed E-state index contributed by atoms with van der Waals surface area (Å²) >= 11 is -1.27. The smallest absolute Gasteiger partial charge is 0.417 e. The summed E-state index contributed by atoms with van der Waals surface area (Å²) in [5.74, 6) is 0.801. The van der Waals surface area contributed by atoms with Crippen molar-refractivity contribution in [3.63, 3.8) is 0 Å². The first-order valence-electron chi connectivity index (χ1n) is 7.05. The van der Waals surface area contributed by atoms with Gasteiger partial charge in [-0.2, -0.15) is 13.2 Å². The maximum atomic E-state index is 12.8. The molecular formula is C15H13F3N4OS. The molecule has 24 heavy (non-hydrogen) atoms. The van der Waals surface area contributed by atoms with Crippen LogP contribution in [0, 0.1) is 0 Å². The van der Waals surface area contributed by atoms with Crippen molar-refractivity contribution in [1.29, 1.82) is 0 Å². The summed E-state index contributed by atoms with van der Waals surface area (Å²) in [4.78, 5) is 12.6. The van der Waals surface area contributed by atoms with Gasteiger partial charge in [0.05, 0.1) is 17.3 Å². The van der Waals surface area contributed by atoms with Crippen LogP contribution < -0.4 is 0 Å². The average molecular weight is 354 g/mol. The number of imidazole rings is 1. The lowest BCUT2D eigenvalue weighted by Crippen LogP contribution is -2.07. The number of hydrogen-bond donors (Lipinski definition) is 0. The van der Waals surface area contributed by atoms with E-state index in [1.54, 1.807) is 24.6 Å². The number of aryl methyl sites for hydroxylation is 1. The lowest BCUT2D eigenvalue weighted by Gasteiger charge is -2.11. The van der Waals surface area contributed by atoms with Crippen molar-refractivity contribution in [1.82, 2.24) is 19.5 Å². The van der Waals surface area contributed by atoms with Gasteiger partial charge in [-0.05, 0) is 30.2 Å². The van der Waals surface area contributed by atoms with Gasteiger partial charge >= 0.3 is 6.18 Å². The topological polar surface area (TPSA) is 66.7 Å². The molecule has 3 aromatic rings. The van der Waals surface area contributed by atoms with Gasteiger partial charge < -0.3 is 9.12 Å². The standard InChI is InChI=1S/C15H13F3N4OS/c1-3-24(23)12-8-19-5-4-10(12)13-21-11-6-9(15(16,17)18)7-20-14(11)22(13)2/h4-8H,3H2,1-2H3. The molecule has 0 aromatic carbocycles. The molecule has 0 N–H and O–H groups in total. The lowest BCUT2D eigenvalue weighted by molar-refractivity contribution is -0.137. The molecule has 0 aliphatic rings. The summed E-state index contributed by atoms with van der Waals surface area (Å²) in [5, 5.41) is 0. The van der Waals surface area contributed by atoms with Gasteiger partial charge in [0.25, 0.3) is 0 Å². The van der Waals surface area contributed by atoms with Gasteiger partial charge in [-0.1, -0.05) is 0 Å². The number of fused-ring (bicyclic) bond motifs is 1. The van der Waals surface area contributed by atoms with E-state index in [-0.39, 0.29) is 5.52 Å². The molecule has 9 heteroatoms. The fourth-order valence-electron chi connectivity index (χ4n) is 2.37. The van der Waals surface area contributed by atoms with E-state index in [2.05, 4.69) is 15.0 Å². The Kier molecular flexibility index (Phi) is 4.22. The van der Waals surface area contributed by atoms with Gasteiger partial charge in [-0.25, -0.2) is 9.97 Å². The van der Waals surface area contributed by atoms with Crippen molar-refractivity contribution in [2.75, 3.05) is 5.75 Å². The van der Waals surface area contributed by atoms with E-state index < -0.39 is 22.9 Å². The minimum absolute atomic E-state index is 0.132. The van der Waals surface area contributed by atoms with Gasteiger partial charge in [0.15, 0.2) is 10.5 Å². The van der Waals surface area contributed by atoms with Crippen molar-refractivity contribution < 1.29 is 17.7 Å². The molecule has 0 aliphatic carbocycles. The molecule has 3 heterocycles. The highest BCUT2D eigenvalue weighted by Crippen LogP contribution is 2.32. The van der Waals surface area contributed by atoms with Crippen LogP contribution in [-0.4, -0.2) is 29.8 Å². The van der Waals surface area contributed by atoms with Gasteiger partial charge in [-0.3, -0.25) is 4.98 Å². The number of nitrogens with zero attached hydrogens (tertiary/aromatic N) is 4. The van der Waals surface area contributed by atoms with Crippen LogP contribution in [0.4, 0.5) is 13.2 Å². The van der Waals surface area contributed by atoms with E-state index in [0.717, 1.165) is 12.3 Å². The summed E-state index contributed by atoms with van der Waals surface area (Å²) in [6.07, 6.45) is -0.682. The summed E-state index contributed by atoms with van der Waals surface area (Å²) in [6, 6.07) is 2.61. The quantitative estimate of drug-likeness (QED) is 0.678. The fourth-order valence-corrected chi connectivity index (χ4v) is 3.27. The Labute approximate surface area is 138 Å². The van der Waals surface area contributed by atoms with Crippen molar-refractivity contribution in [3.8, 4) is 11.4 Å². The molecule has 0 aliphatic heterocycles. The Hall–Kier alpha value is -2.13. The zero-order valence-corrected chi connectivity index (χ0v) is 13.6. The number of alkyl halides is 3. The predicted octanol–water partition coefficient (Wildman–Crippen LogP) is 3.18. The van der Waals surface area contributed by atoms with Crippen LogP contribution in [0.5, 0.6) is 0 Å². The first kappa shape index (κ1) is 16.7. The number of hydrogen-bond acceptors (Lipinski definition) is 4. The Morgan fingerprint density at radius 3 is 2.71 bits per heavy atom. The van der Waals surface area contributed by atoms with Crippen molar-refractivity contribution in [2.24, 2.45) is 7.05 Å². The maximum absolute atomic E-state index is 12.8. The maximum Gasteiger partial charge on any atom is 0.417 e. The van der Waals surface area contributed by atoms with Crippen LogP contribution in [0.3, 0.4) is 0 Å². The van der Waals surface area contributed by atoms with Crippen molar-refractivity contribution in [2.45, 2.75) is 18.0 Å². The molecule has 0 fully saturated rings. The average Bonchev–Trinajstić information content (AvgIpc) is 2.89. The molecule has 1 atom stereocenters. The normalized spacial score (nSPS) is 13.4. The first-order valence-corrected chi connectivity index (χ1v) is 8.37. The minimum atomic E-state index is -4.48. The molecule has 0 saturated heterocycles. The molecule has 0 bridgehead atoms. The second-order valence-electron chi connectivity index (χ2n) is 5.06. The first-order chi connectivity index (χ1) is 11.3. The van der Waals surface area contributed by atoms with E-state index in [4.69, 9.17) is 0 Å². The van der Waals surface area contributed by atoms with Gasteiger partial charge in [0.2, 0.25) is 0 Å². The Bertz CT molecular complexity index is 894. The molecule has 126 valence electrons. The largest absolute Gasteiger partial charge is 0.611 e. The molecule has 0 spiro atoms. The summed E-state index contributed by atoms with van der Waals surface area (Å²) in [7, 11) is 1.66. The van der Waals surface area contributed by atoms with Crippen LogP contribution in [0.15, 0.2) is 35.6 Å². The van der Waals surface area contributed by atoms with E-state index >= 15 is 0 Å². The van der Waals surface area contributed by atoms with E-state index in [1.165, 1.54) is 12.4 Å². The number of rotatable bonds is 3. The Morgan fingerprint density at radius 2 is 2.04 bits per heavy atom. The summed E-state index contributed by atoms with van der Waals surface area (Å²) in [6.45, 7) is 1.78. The van der Waals surface area contributed by atoms with Crippen LogP contribution in [0.2, 0.25) is 0 Å². The SMILES string of the molecule is CC[S+]([O-])c1cnccc1-c1nc2cc(C(F)(F)F)cnc2n1C. The molecule has 5 nitrogen and oxygen atoms in total. The van der Waals surface area contributed by atoms with E-state index in [1.807, 2.05) is 0 Å². The van der Waals surface area contributed by atoms with Crippen LogP contribution >= 0.6 is 0 Å². The van der Waals surface area contributed by atoms with Crippen molar-refractivity contribution >= 4 is 22.3 Å². The zero-order chi connectivity index (χ0) is 17.5. The lowest BCUT2D eigenvalue weighted by atomic mass is 10.2. The molecule has 0 radical (unpaired) electrons. The highest BCUT2D eigenvalue weighted by molar-refractivity contribution is 7.91.